The molecule has 1 aromatic rings. The molecule has 0 saturated heterocycles. The minimum absolute atomic E-state index is 0.421. The molecule has 1 aromatic carbocycles. The maximum atomic E-state index is 11.1. The first-order valence-corrected chi connectivity index (χ1v) is 3.75. The fraction of sp³-hybridized carbons (Fsp3) is 0. The molecular weight excluding hydrogens is 208 g/mol. The highest BCUT2D eigenvalue weighted by Crippen LogP contribution is 1.90. The minimum Gasteiger partial charge on any atom is -0.286 e. The van der Waals surface area contributed by atoms with E-state index in [1.54, 1.807) is 0 Å². The third kappa shape index (κ3) is 1.24. The Bertz CT molecular complexity index is 721. The van der Waals surface area contributed by atoms with E-state index in [0.717, 1.165) is 0 Å². The highest BCUT2D eigenvalue weighted by Gasteiger charge is 2.16. The van der Waals surface area contributed by atoms with Crippen molar-refractivity contribution in [3.63, 3.8) is 0 Å². The highest BCUT2D eigenvalue weighted by molar-refractivity contribution is 5.72. The van der Waals surface area contributed by atoms with Crippen LogP contribution in [0.3, 0.4) is 0 Å². The first-order chi connectivity index (χ1) is 7.62. The summed E-state index contributed by atoms with van der Waals surface area (Å²) in [7, 11) is 0. The molecule has 0 bridgehead atoms. The summed E-state index contributed by atoms with van der Waals surface area (Å²) in [6.07, 6.45) is 0. The maximum absolute atomic E-state index is 11.1. The molecule has 0 aliphatic rings. The van der Waals surface area contributed by atoms with Crippen LogP contribution in [0, 0.1) is 35.8 Å². The lowest BCUT2D eigenvalue weighted by Crippen LogP contribution is -2.65. The SMILES string of the molecule is [C-]#[N+]C(C#N)=c1c(=O)c(=O)c1=C(C#N)[N+]#[C-]. The third-order valence-electron chi connectivity index (χ3n) is 1.82. The summed E-state index contributed by atoms with van der Waals surface area (Å²) in [5, 5.41) is 16.2. The van der Waals surface area contributed by atoms with Crippen LogP contribution in [-0.4, -0.2) is 0 Å². The van der Waals surface area contributed by atoms with Gasteiger partial charge in [0.05, 0.1) is 25.3 Å². The Labute approximate surface area is 88.5 Å². The molecule has 0 N–H and O–H groups in total. The Morgan fingerprint density at radius 2 is 1.25 bits per heavy atom. The molecule has 1 rings (SSSR count). The van der Waals surface area contributed by atoms with E-state index in [-0.39, 0.29) is 0 Å². The summed E-state index contributed by atoms with van der Waals surface area (Å²) >= 11 is 0. The van der Waals surface area contributed by atoms with Gasteiger partial charge < -0.3 is 0 Å². The fourth-order valence-corrected chi connectivity index (χ4v) is 1.12. The zero-order valence-corrected chi connectivity index (χ0v) is 7.61. The Kier molecular flexibility index (Phi) is 2.63. The molecule has 6 heteroatoms. The van der Waals surface area contributed by atoms with Crippen LogP contribution in [0.25, 0.3) is 21.1 Å². The van der Waals surface area contributed by atoms with Gasteiger partial charge in [-0.3, -0.25) is 9.59 Å². The average Bonchev–Trinajstić information content (AvgIpc) is 2.33. The lowest BCUT2D eigenvalue weighted by molar-refractivity contribution is 1.25. The van der Waals surface area contributed by atoms with Crippen LogP contribution in [0.4, 0.5) is 0 Å². The van der Waals surface area contributed by atoms with E-state index in [1.165, 1.54) is 12.1 Å². The largest absolute Gasteiger partial charge is 0.286 e. The Hall–Kier alpha value is -3.22. The standard InChI is InChI=1S/C10N4O2/c1-13-5(3-11)7-8(6(4-12)14-2)10(16)9(7)15. The van der Waals surface area contributed by atoms with Gasteiger partial charge in [0.2, 0.25) is 10.9 Å². The molecule has 6 nitrogen and oxygen atoms in total. The summed E-state index contributed by atoms with van der Waals surface area (Å²) in [6, 6.07) is 2.89. The van der Waals surface area contributed by atoms with Crippen molar-refractivity contribution in [2.75, 3.05) is 0 Å². The highest BCUT2D eigenvalue weighted by atomic mass is 16.2. The Morgan fingerprint density at radius 3 is 1.44 bits per heavy atom. The van der Waals surface area contributed by atoms with Gasteiger partial charge in [0.1, 0.15) is 0 Å². The topological polar surface area (TPSA) is 90.4 Å². The molecule has 0 aliphatic carbocycles. The number of nitriles is 2. The van der Waals surface area contributed by atoms with Crippen molar-refractivity contribution in [3.8, 4) is 12.1 Å². The predicted molar refractivity (Wildman–Crippen MR) is 51.8 cm³/mol. The van der Waals surface area contributed by atoms with Gasteiger partial charge in [-0.1, -0.05) is 0 Å². The molecule has 0 unspecified atom stereocenters. The van der Waals surface area contributed by atoms with Gasteiger partial charge in [-0.25, -0.2) is 20.2 Å². The van der Waals surface area contributed by atoms with Gasteiger partial charge in [-0.15, -0.1) is 0 Å². The molecule has 0 spiro atoms. The van der Waals surface area contributed by atoms with Crippen LogP contribution >= 0.6 is 0 Å². The molecular formula is C10N4O2. The van der Waals surface area contributed by atoms with Crippen LogP contribution in [0.2, 0.25) is 0 Å². The molecule has 0 amide bonds. The molecule has 0 aromatic heterocycles. The molecule has 0 fully saturated rings. The second kappa shape index (κ2) is 3.88. The van der Waals surface area contributed by atoms with Gasteiger partial charge in [-0.05, 0) is 0 Å². The normalized spacial score (nSPS) is 12.8. The molecule has 0 atom stereocenters. The van der Waals surface area contributed by atoms with Crippen LogP contribution in [0.5, 0.6) is 0 Å². The van der Waals surface area contributed by atoms with Crippen LogP contribution in [0.1, 0.15) is 0 Å². The zero-order chi connectivity index (χ0) is 12.3. The second-order valence-corrected chi connectivity index (χ2v) is 2.55. The van der Waals surface area contributed by atoms with Crippen LogP contribution < -0.4 is 21.3 Å². The number of hydrogen-bond acceptors (Lipinski definition) is 4. The van der Waals surface area contributed by atoms with Crippen molar-refractivity contribution in [1.29, 1.82) is 10.5 Å². The van der Waals surface area contributed by atoms with E-state index in [2.05, 4.69) is 9.69 Å². The van der Waals surface area contributed by atoms with Crippen molar-refractivity contribution < 1.29 is 0 Å². The molecule has 72 valence electrons. The summed E-state index contributed by atoms with van der Waals surface area (Å²) in [5.41, 5.74) is -3.15. The maximum Gasteiger partial charge on any atom is 0.272 e. The van der Waals surface area contributed by atoms with Gasteiger partial charge in [0, 0.05) is 10.4 Å². The predicted octanol–water partition coefficient (Wildman–Crippen LogP) is -1.62. The van der Waals surface area contributed by atoms with Crippen molar-refractivity contribution in [2.24, 2.45) is 0 Å². The smallest absolute Gasteiger partial charge is 0.272 e. The van der Waals surface area contributed by atoms with Crippen LogP contribution in [0.15, 0.2) is 9.59 Å². The molecule has 0 saturated carbocycles. The van der Waals surface area contributed by atoms with Gasteiger partial charge in [0.25, 0.3) is 11.4 Å². The van der Waals surface area contributed by atoms with E-state index >= 15 is 0 Å². The molecule has 0 heterocycles. The molecule has 0 radical (unpaired) electrons. The van der Waals surface area contributed by atoms with E-state index in [9.17, 15) is 9.59 Å². The Balaban J connectivity index is 4.18. The summed E-state index contributed by atoms with van der Waals surface area (Å²) in [6.45, 7) is 13.3. The van der Waals surface area contributed by atoms with E-state index < -0.39 is 32.7 Å². The quantitative estimate of drug-likeness (QED) is 0.378. The third-order valence-corrected chi connectivity index (χ3v) is 1.82. The summed E-state index contributed by atoms with van der Waals surface area (Å²) in [4.78, 5) is 27.8. The lowest BCUT2D eigenvalue weighted by atomic mass is 10.1. The van der Waals surface area contributed by atoms with E-state index in [1.807, 2.05) is 0 Å². The number of rotatable bonds is 0. The van der Waals surface area contributed by atoms with E-state index in [4.69, 9.17) is 23.7 Å². The first-order valence-electron chi connectivity index (χ1n) is 3.75. The summed E-state index contributed by atoms with van der Waals surface area (Å²) < 4.78 is 0. The minimum atomic E-state index is -1.00. The van der Waals surface area contributed by atoms with Crippen molar-refractivity contribution in [2.45, 2.75) is 0 Å². The van der Waals surface area contributed by atoms with E-state index in [0.29, 0.717) is 0 Å². The molecule has 0 aliphatic heterocycles. The average molecular weight is 208 g/mol. The van der Waals surface area contributed by atoms with Gasteiger partial charge in [-0.2, -0.15) is 0 Å². The second-order valence-electron chi connectivity index (χ2n) is 2.55. The zero-order valence-electron chi connectivity index (χ0n) is 7.61. The van der Waals surface area contributed by atoms with Crippen molar-refractivity contribution in [1.82, 2.24) is 0 Å². The summed E-state index contributed by atoms with van der Waals surface area (Å²) in [5.74, 6) is 0. The fourth-order valence-electron chi connectivity index (χ4n) is 1.12. The van der Waals surface area contributed by atoms with Crippen molar-refractivity contribution in [3.05, 3.63) is 53.7 Å². The first kappa shape index (κ1) is 10.9. The monoisotopic (exact) mass is 208 g/mol. The van der Waals surface area contributed by atoms with Gasteiger partial charge in [0.15, 0.2) is 0 Å². The lowest BCUT2D eigenvalue weighted by Gasteiger charge is -1.92. The number of nitrogens with zero attached hydrogens (tertiary/aromatic N) is 4. The van der Waals surface area contributed by atoms with Crippen LogP contribution in [-0.2, 0) is 0 Å². The number of hydrogen-bond donors (Lipinski definition) is 0. The van der Waals surface area contributed by atoms with Crippen molar-refractivity contribution >= 4 is 11.4 Å². The molecule has 16 heavy (non-hydrogen) atoms. The van der Waals surface area contributed by atoms with Gasteiger partial charge >= 0.3 is 0 Å². The Morgan fingerprint density at radius 1 is 0.938 bits per heavy atom.